The highest BCUT2D eigenvalue weighted by Crippen LogP contribution is 2.29. The smallest absolute Gasteiger partial charge is 0.247 e. The first kappa shape index (κ1) is 16.9. The Morgan fingerprint density at radius 3 is 1.89 bits per heavy atom. The molecule has 4 rings (SSSR count). The summed E-state index contributed by atoms with van der Waals surface area (Å²) >= 11 is 0. The van der Waals surface area contributed by atoms with Crippen LogP contribution in [0.2, 0.25) is 0 Å². The monoisotopic (exact) mass is 352 g/mol. The Kier molecular flexibility index (Phi) is 4.62. The van der Waals surface area contributed by atoms with Gasteiger partial charge in [0.05, 0.1) is 0 Å². The molecule has 0 saturated carbocycles. The maximum Gasteiger partial charge on any atom is 0.247 e. The zero-order valence-corrected chi connectivity index (χ0v) is 15.3. The van der Waals surface area contributed by atoms with Crippen molar-refractivity contribution in [2.24, 2.45) is 0 Å². The highest BCUT2D eigenvalue weighted by atomic mass is 15.2. The summed E-state index contributed by atoms with van der Waals surface area (Å²) in [5.41, 5.74) is 7.01. The van der Waals surface area contributed by atoms with Crippen molar-refractivity contribution in [2.45, 2.75) is 13.8 Å². The first-order valence-electron chi connectivity index (χ1n) is 8.90. The molecule has 1 aromatic heterocycles. The summed E-state index contributed by atoms with van der Waals surface area (Å²) < 4.78 is 0. The van der Waals surface area contributed by atoms with E-state index in [9.17, 15) is 0 Å². The van der Waals surface area contributed by atoms with Gasteiger partial charge in [0.25, 0.3) is 0 Å². The molecule has 0 spiro atoms. The van der Waals surface area contributed by atoms with Crippen molar-refractivity contribution in [1.29, 1.82) is 0 Å². The molecule has 0 aliphatic carbocycles. The number of aromatic nitrogens is 3. The van der Waals surface area contributed by atoms with E-state index in [2.05, 4.69) is 41.5 Å². The van der Waals surface area contributed by atoms with Crippen molar-refractivity contribution in [3.63, 3.8) is 0 Å². The van der Waals surface area contributed by atoms with Crippen LogP contribution in [-0.2, 0) is 0 Å². The van der Waals surface area contributed by atoms with Crippen molar-refractivity contribution in [3.05, 3.63) is 90.0 Å². The number of anilines is 2. The highest BCUT2D eigenvalue weighted by molar-refractivity contribution is 5.78. The Labute approximate surface area is 159 Å². The molecular formula is C23H20N4. The van der Waals surface area contributed by atoms with Crippen molar-refractivity contribution >= 4 is 11.6 Å². The van der Waals surface area contributed by atoms with E-state index in [-0.39, 0.29) is 0 Å². The summed E-state index contributed by atoms with van der Waals surface area (Å²) in [6, 6.07) is 26.3. The van der Waals surface area contributed by atoms with Crippen LogP contribution in [0.1, 0.15) is 11.1 Å². The van der Waals surface area contributed by atoms with E-state index < -0.39 is 0 Å². The summed E-state index contributed by atoms with van der Waals surface area (Å²) in [6.07, 6.45) is 0. The van der Waals surface area contributed by atoms with Gasteiger partial charge in [-0.25, -0.2) is 4.98 Å². The molecule has 0 unspecified atom stereocenters. The highest BCUT2D eigenvalue weighted by Gasteiger charge is 2.13. The SMILES string of the molecule is Cc1ccc(Nc2nnc(-c3ccccc3)c(-c3ccccc3)n2)cc1C. The molecule has 0 radical (unpaired) electrons. The summed E-state index contributed by atoms with van der Waals surface area (Å²) in [6.45, 7) is 4.19. The van der Waals surface area contributed by atoms with Gasteiger partial charge in [0.2, 0.25) is 5.95 Å². The maximum atomic E-state index is 4.78. The van der Waals surface area contributed by atoms with E-state index in [1.54, 1.807) is 0 Å². The molecule has 1 N–H and O–H groups in total. The molecule has 3 aromatic carbocycles. The Morgan fingerprint density at radius 2 is 1.26 bits per heavy atom. The lowest BCUT2D eigenvalue weighted by molar-refractivity contribution is 0.990. The molecule has 0 fully saturated rings. The predicted octanol–water partition coefficient (Wildman–Crippen LogP) is 5.57. The molecule has 4 heteroatoms. The van der Waals surface area contributed by atoms with Crippen LogP contribution in [-0.4, -0.2) is 15.2 Å². The van der Waals surface area contributed by atoms with Gasteiger partial charge in [0.15, 0.2) is 0 Å². The van der Waals surface area contributed by atoms with Gasteiger partial charge >= 0.3 is 0 Å². The molecule has 0 bridgehead atoms. The van der Waals surface area contributed by atoms with Crippen LogP contribution in [0.15, 0.2) is 78.9 Å². The van der Waals surface area contributed by atoms with Gasteiger partial charge in [-0.05, 0) is 37.1 Å². The molecule has 27 heavy (non-hydrogen) atoms. The van der Waals surface area contributed by atoms with Crippen LogP contribution in [0.5, 0.6) is 0 Å². The number of nitrogens with zero attached hydrogens (tertiary/aromatic N) is 3. The summed E-state index contributed by atoms with van der Waals surface area (Å²) in [5, 5.41) is 12.1. The molecular weight excluding hydrogens is 332 g/mol. The largest absolute Gasteiger partial charge is 0.323 e. The number of benzene rings is 3. The van der Waals surface area contributed by atoms with Crippen LogP contribution in [0, 0.1) is 13.8 Å². The number of hydrogen-bond donors (Lipinski definition) is 1. The Balaban J connectivity index is 1.78. The molecule has 132 valence electrons. The second-order valence-corrected chi connectivity index (χ2v) is 6.49. The van der Waals surface area contributed by atoms with E-state index in [1.807, 2.05) is 66.7 Å². The van der Waals surface area contributed by atoms with Crippen LogP contribution in [0.25, 0.3) is 22.5 Å². The fourth-order valence-electron chi connectivity index (χ4n) is 2.91. The van der Waals surface area contributed by atoms with Crippen molar-refractivity contribution in [2.75, 3.05) is 5.32 Å². The lowest BCUT2D eigenvalue weighted by Crippen LogP contribution is -2.03. The first-order chi connectivity index (χ1) is 13.2. The van der Waals surface area contributed by atoms with Crippen LogP contribution >= 0.6 is 0 Å². The van der Waals surface area contributed by atoms with Gasteiger partial charge in [-0.1, -0.05) is 66.7 Å². The first-order valence-corrected chi connectivity index (χ1v) is 8.90. The van der Waals surface area contributed by atoms with Gasteiger partial charge in [-0.3, -0.25) is 0 Å². The Bertz CT molecular complexity index is 1060. The molecule has 4 nitrogen and oxygen atoms in total. The van der Waals surface area contributed by atoms with Gasteiger partial charge < -0.3 is 5.32 Å². The summed E-state index contributed by atoms with van der Waals surface area (Å²) in [7, 11) is 0. The van der Waals surface area contributed by atoms with E-state index in [0.29, 0.717) is 5.95 Å². The number of nitrogens with one attached hydrogen (secondary N) is 1. The molecule has 4 aromatic rings. The number of aryl methyl sites for hydroxylation is 2. The minimum Gasteiger partial charge on any atom is -0.323 e. The van der Waals surface area contributed by atoms with E-state index in [0.717, 1.165) is 28.2 Å². The molecule has 1 heterocycles. The Hall–Kier alpha value is -3.53. The topological polar surface area (TPSA) is 50.7 Å². The predicted molar refractivity (Wildman–Crippen MR) is 110 cm³/mol. The third-order valence-corrected chi connectivity index (χ3v) is 4.54. The van der Waals surface area contributed by atoms with E-state index >= 15 is 0 Å². The third kappa shape index (κ3) is 3.70. The lowest BCUT2D eigenvalue weighted by atomic mass is 10.0. The van der Waals surface area contributed by atoms with Gasteiger partial charge in [0.1, 0.15) is 11.4 Å². The van der Waals surface area contributed by atoms with Crippen molar-refractivity contribution in [3.8, 4) is 22.5 Å². The summed E-state index contributed by atoms with van der Waals surface area (Å²) in [4.78, 5) is 4.78. The average molecular weight is 352 g/mol. The minimum absolute atomic E-state index is 0.483. The molecule has 0 amide bonds. The zero-order valence-electron chi connectivity index (χ0n) is 15.3. The minimum atomic E-state index is 0.483. The van der Waals surface area contributed by atoms with Crippen LogP contribution < -0.4 is 5.32 Å². The fraction of sp³-hybridized carbons (Fsp3) is 0.0870. The quantitative estimate of drug-likeness (QED) is 0.522. The molecule has 0 atom stereocenters. The second-order valence-electron chi connectivity index (χ2n) is 6.49. The number of rotatable bonds is 4. The van der Waals surface area contributed by atoms with Gasteiger partial charge in [-0.2, -0.15) is 0 Å². The third-order valence-electron chi connectivity index (χ3n) is 4.54. The van der Waals surface area contributed by atoms with E-state index in [4.69, 9.17) is 4.98 Å². The maximum absolute atomic E-state index is 4.78. The van der Waals surface area contributed by atoms with Crippen molar-refractivity contribution < 1.29 is 0 Å². The lowest BCUT2D eigenvalue weighted by Gasteiger charge is -2.11. The fourth-order valence-corrected chi connectivity index (χ4v) is 2.91. The second kappa shape index (κ2) is 7.38. The molecule has 0 saturated heterocycles. The van der Waals surface area contributed by atoms with Gasteiger partial charge in [0, 0.05) is 16.8 Å². The van der Waals surface area contributed by atoms with Gasteiger partial charge in [-0.15, -0.1) is 10.2 Å². The standard InChI is InChI=1S/C23H20N4/c1-16-13-14-20(15-17(16)2)24-23-25-21(18-9-5-3-6-10-18)22(26-27-23)19-11-7-4-8-12-19/h3-15H,1-2H3,(H,24,25,27). The molecule has 0 aliphatic heterocycles. The normalized spacial score (nSPS) is 10.6. The summed E-state index contributed by atoms with van der Waals surface area (Å²) in [5.74, 6) is 0.483. The number of hydrogen-bond acceptors (Lipinski definition) is 4. The van der Waals surface area contributed by atoms with Crippen LogP contribution in [0.4, 0.5) is 11.6 Å². The molecule has 0 aliphatic rings. The van der Waals surface area contributed by atoms with E-state index in [1.165, 1.54) is 11.1 Å². The van der Waals surface area contributed by atoms with Crippen molar-refractivity contribution in [1.82, 2.24) is 15.2 Å². The Morgan fingerprint density at radius 1 is 0.630 bits per heavy atom. The average Bonchev–Trinajstić information content (AvgIpc) is 2.72. The van der Waals surface area contributed by atoms with Crippen LogP contribution in [0.3, 0.4) is 0 Å². The zero-order chi connectivity index (χ0) is 18.6.